The molecule has 7 nitrogen and oxygen atoms in total. The summed E-state index contributed by atoms with van der Waals surface area (Å²) in [6, 6.07) is 3.39. The van der Waals surface area contributed by atoms with Gasteiger partial charge in [0, 0.05) is 37.1 Å². The highest BCUT2D eigenvalue weighted by molar-refractivity contribution is 6.39. The van der Waals surface area contributed by atoms with Gasteiger partial charge in [-0.05, 0) is 12.1 Å². The van der Waals surface area contributed by atoms with Crippen molar-refractivity contribution < 1.29 is 23.7 Å². The number of anilines is 1. The molecular formula is C19H18Cl2N2O5. The molecule has 2 atom stereocenters. The maximum atomic E-state index is 13.0. The lowest BCUT2D eigenvalue weighted by molar-refractivity contribution is -0.0296. The molecule has 1 N–H and O–H groups in total. The number of nitrogens with zero attached hydrogens (tertiary/aromatic N) is 1. The third-order valence-electron chi connectivity index (χ3n) is 5.05. The van der Waals surface area contributed by atoms with Crippen molar-refractivity contribution >= 4 is 34.8 Å². The topological polar surface area (TPSA) is 78.9 Å². The molecule has 0 bridgehead atoms. The van der Waals surface area contributed by atoms with Crippen LogP contribution < -0.4 is 14.8 Å². The molecule has 1 aromatic carbocycles. The van der Waals surface area contributed by atoms with Crippen LogP contribution in [0.3, 0.4) is 0 Å². The van der Waals surface area contributed by atoms with E-state index in [1.165, 1.54) is 12.4 Å². The molecule has 1 fully saturated rings. The van der Waals surface area contributed by atoms with Crippen LogP contribution in [0, 0.1) is 0 Å². The summed E-state index contributed by atoms with van der Waals surface area (Å²) in [6.07, 6.45) is 3.04. The molecule has 4 rings (SSSR count). The molecule has 9 heteroatoms. The molecule has 0 aliphatic carbocycles. The van der Waals surface area contributed by atoms with E-state index in [1.807, 2.05) is 0 Å². The highest BCUT2D eigenvalue weighted by Gasteiger charge is 2.52. The summed E-state index contributed by atoms with van der Waals surface area (Å²) in [6.45, 7) is 0.795. The molecule has 1 saturated heterocycles. The second-order valence-electron chi connectivity index (χ2n) is 6.64. The first kappa shape index (κ1) is 19.3. The monoisotopic (exact) mass is 424 g/mol. The molecule has 2 aliphatic heterocycles. The number of aromatic nitrogens is 1. The van der Waals surface area contributed by atoms with E-state index in [1.54, 1.807) is 26.4 Å². The fraction of sp³-hybridized carbons (Fsp3) is 0.368. The Balaban J connectivity index is 1.71. The van der Waals surface area contributed by atoms with Crippen molar-refractivity contribution in [2.45, 2.75) is 18.1 Å². The molecule has 3 heterocycles. The van der Waals surface area contributed by atoms with Gasteiger partial charge in [-0.15, -0.1) is 0 Å². The van der Waals surface area contributed by atoms with Gasteiger partial charge in [-0.25, -0.2) is 0 Å². The number of rotatable bonds is 4. The highest BCUT2D eigenvalue weighted by atomic mass is 35.5. The minimum atomic E-state index is -0.688. The molecular weight excluding hydrogens is 407 g/mol. The highest BCUT2D eigenvalue weighted by Crippen LogP contribution is 2.47. The largest absolute Gasteiger partial charge is 0.493 e. The van der Waals surface area contributed by atoms with Crippen LogP contribution in [0.15, 0.2) is 24.5 Å². The Morgan fingerprint density at radius 1 is 1.29 bits per heavy atom. The van der Waals surface area contributed by atoms with Crippen LogP contribution in [0.4, 0.5) is 5.69 Å². The van der Waals surface area contributed by atoms with E-state index in [2.05, 4.69) is 10.3 Å². The van der Waals surface area contributed by atoms with Crippen molar-refractivity contribution in [2.24, 2.45) is 0 Å². The van der Waals surface area contributed by atoms with Crippen LogP contribution in [0.25, 0.3) is 0 Å². The second-order valence-corrected chi connectivity index (χ2v) is 7.45. The van der Waals surface area contributed by atoms with Gasteiger partial charge in [0.05, 0.1) is 36.1 Å². The van der Waals surface area contributed by atoms with Gasteiger partial charge < -0.3 is 24.3 Å². The number of hydrogen-bond donors (Lipinski definition) is 1. The van der Waals surface area contributed by atoms with Crippen LogP contribution in [0.1, 0.15) is 15.9 Å². The van der Waals surface area contributed by atoms with Crippen molar-refractivity contribution in [2.75, 3.05) is 32.8 Å². The predicted molar refractivity (Wildman–Crippen MR) is 104 cm³/mol. The van der Waals surface area contributed by atoms with Crippen LogP contribution >= 0.6 is 23.2 Å². The molecule has 1 spiro atoms. The summed E-state index contributed by atoms with van der Waals surface area (Å²) >= 11 is 12.2. The number of nitrogens with one attached hydrogen (secondary N) is 1. The third-order valence-corrected chi connectivity index (χ3v) is 5.62. The third kappa shape index (κ3) is 3.08. The van der Waals surface area contributed by atoms with Gasteiger partial charge in [-0.2, -0.15) is 0 Å². The van der Waals surface area contributed by atoms with Gasteiger partial charge in [-0.1, -0.05) is 23.2 Å². The number of halogens is 2. The first-order valence-corrected chi connectivity index (χ1v) is 9.34. The zero-order valence-electron chi connectivity index (χ0n) is 15.3. The minimum absolute atomic E-state index is 0.246. The van der Waals surface area contributed by atoms with Crippen molar-refractivity contribution in [3.8, 4) is 11.5 Å². The quantitative estimate of drug-likeness (QED) is 0.810. The van der Waals surface area contributed by atoms with Crippen molar-refractivity contribution in [1.82, 2.24) is 4.98 Å². The van der Waals surface area contributed by atoms with Gasteiger partial charge in [-0.3, -0.25) is 9.78 Å². The van der Waals surface area contributed by atoms with E-state index in [0.29, 0.717) is 42.4 Å². The minimum Gasteiger partial charge on any atom is -0.493 e. The number of methoxy groups -OCH3 is 2. The molecule has 2 aliphatic rings. The smallest absolute Gasteiger partial charge is 0.256 e. The number of carbonyl (C=O) groups excluding carboxylic acids is 1. The first-order chi connectivity index (χ1) is 13.5. The van der Waals surface area contributed by atoms with Crippen LogP contribution in [-0.4, -0.2) is 50.0 Å². The summed E-state index contributed by atoms with van der Waals surface area (Å²) in [5.74, 6) is 0.710. The standard InChI is InChI=1S/C19H18Cl2N2O5/c1-25-14-4-3-10(18(24)23-16-12(20)6-22-7-13(16)21)11-5-19(28-17(11)14)9-27-8-15(19)26-2/h3-4,6-7,15H,5,8-9H2,1-2H3,(H,22,23,24). The normalized spacial score (nSPS) is 22.8. The Hall–Kier alpha value is -2.06. The molecule has 1 amide bonds. The zero-order valence-corrected chi connectivity index (χ0v) is 16.8. The molecule has 28 heavy (non-hydrogen) atoms. The van der Waals surface area contributed by atoms with E-state index in [-0.39, 0.29) is 22.1 Å². The average Bonchev–Trinajstić information content (AvgIpc) is 3.27. The molecule has 148 valence electrons. The zero-order chi connectivity index (χ0) is 19.9. The Bertz CT molecular complexity index is 919. The lowest BCUT2D eigenvalue weighted by Crippen LogP contribution is -2.47. The molecule has 1 aromatic heterocycles. The lowest BCUT2D eigenvalue weighted by atomic mass is 9.91. The fourth-order valence-corrected chi connectivity index (χ4v) is 4.10. The predicted octanol–water partition coefficient (Wildman–Crippen LogP) is 3.37. The number of amides is 1. The van der Waals surface area contributed by atoms with Gasteiger partial charge in [0.15, 0.2) is 17.1 Å². The van der Waals surface area contributed by atoms with Gasteiger partial charge in [0.2, 0.25) is 0 Å². The van der Waals surface area contributed by atoms with Gasteiger partial charge in [0.1, 0.15) is 6.10 Å². The molecule has 0 saturated carbocycles. The number of fused-ring (bicyclic) bond motifs is 1. The van der Waals surface area contributed by atoms with Crippen molar-refractivity contribution in [3.05, 3.63) is 45.7 Å². The average molecular weight is 425 g/mol. The maximum absolute atomic E-state index is 13.0. The molecule has 2 aromatic rings. The van der Waals surface area contributed by atoms with Gasteiger partial charge in [0.25, 0.3) is 5.91 Å². The van der Waals surface area contributed by atoms with E-state index in [9.17, 15) is 4.79 Å². The number of ether oxygens (including phenoxy) is 4. The summed E-state index contributed by atoms with van der Waals surface area (Å²) in [7, 11) is 3.17. The van der Waals surface area contributed by atoms with E-state index < -0.39 is 5.60 Å². The molecule has 2 unspecified atom stereocenters. The first-order valence-electron chi connectivity index (χ1n) is 8.59. The van der Waals surface area contributed by atoms with E-state index in [4.69, 9.17) is 42.1 Å². The maximum Gasteiger partial charge on any atom is 0.256 e. The lowest BCUT2D eigenvalue weighted by Gasteiger charge is -2.27. The Kier molecular flexibility index (Phi) is 5.09. The van der Waals surface area contributed by atoms with Crippen LogP contribution in [0.5, 0.6) is 11.5 Å². The number of pyridine rings is 1. The summed E-state index contributed by atoms with van der Waals surface area (Å²) in [4.78, 5) is 16.9. The number of carbonyl (C=O) groups is 1. The number of hydrogen-bond acceptors (Lipinski definition) is 6. The number of benzene rings is 1. The fourth-order valence-electron chi connectivity index (χ4n) is 3.64. The Morgan fingerprint density at radius 2 is 2.04 bits per heavy atom. The van der Waals surface area contributed by atoms with Crippen LogP contribution in [-0.2, 0) is 15.9 Å². The van der Waals surface area contributed by atoms with Crippen LogP contribution in [0.2, 0.25) is 10.0 Å². The summed E-state index contributed by atoms with van der Waals surface area (Å²) < 4.78 is 22.8. The van der Waals surface area contributed by atoms with Crippen molar-refractivity contribution in [1.29, 1.82) is 0 Å². The van der Waals surface area contributed by atoms with Gasteiger partial charge >= 0.3 is 0 Å². The molecule has 0 radical (unpaired) electrons. The summed E-state index contributed by atoms with van der Waals surface area (Å²) in [5, 5.41) is 3.27. The Morgan fingerprint density at radius 3 is 2.71 bits per heavy atom. The van der Waals surface area contributed by atoms with Crippen molar-refractivity contribution in [3.63, 3.8) is 0 Å². The SMILES string of the molecule is COc1ccc(C(=O)Nc2c(Cl)cncc2Cl)c2c1OC1(COCC1OC)C2. The summed E-state index contributed by atoms with van der Waals surface area (Å²) in [5.41, 5.74) is 0.789. The van der Waals surface area contributed by atoms with E-state index in [0.717, 1.165) is 5.56 Å². The Labute approximate surface area is 171 Å². The second kappa shape index (κ2) is 7.40. The van der Waals surface area contributed by atoms with E-state index >= 15 is 0 Å².